The Hall–Kier alpha value is -5.86. The van der Waals surface area contributed by atoms with Gasteiger partial charge in [0.2, 0.25) is 11.9 Å². The van der Waals surface area contributed by atoms with Gasteiger partial charge in [-0.3, -0.25) is 9.82 Å². The lowest BCUT2D eigenvalue weighted by Crippen LogP contribution is -2.75. The summed E-state index contributed by atoms with van der Waals surface area (Å²) in [6.45, 7) is 4.57. The highest BCUT2D eigenvalue weighted by molar-refractivity contribution is 7.20. The highest BCUT2D eigenvalue weighted by atomic mass is 19.4. The van der Waals surface area contributed by atoms with E-state index in [9.17, 15) is 105 Å². The highest BCUT2D eigenvalue weighted by Gasteiger charge is 2.47. The van der Waals surface area contributed by atoms with E-state index >= 15 is 0 Å². The summed E-state index contributed by atoms with van der Waals surface area (Å²) in [5.74, 6) is 0. The van der Waals surface area contributed by atoms with Gasteiger partial charge in [-0.2, -0.15) is 127 Å². The van der Waals surface area contributed by atoms with Gasteiger partial charge in [-0.1, -0.05) is 48.5 Å². The van der Waals surface area contributed by atoms with E-state index < -0.39 is 195 Å². The molecule has 3 nitrogen and oxygen atoms in total. The summed E-state index contributed by atoms with van der Waals surface area (Å²) in [6.07, 6.45) is -49.6. The molecular formula is C39H23BF24N2O. The first-order chi connectivity index (χ1) is 30.1. The van der Waals surface area contributed by atoms with Crippen molar-refractivity contribution < 1.29 is 115 Å². The molecule has 1 heterocycles. The van der Waals surface area contributed by atoms with Gasteiger partial charge in [0.25, 0.3) is 0 Å². The molecule has 0 saturated carbocycles. The topological polar surface area (TPSA) is 26.0 Å². The molecule has 0 amide bonds. The van der Waals surface area contributed by atoms with Crippen molar-refractivity contribution >= 4 is 28.0 Å². The molecule has 0 aliphatic carbocycles. The normalized spacial score (nSPS) is 13.6. The monoisotopic (exact) mass is 1000 g/mol. The molecule has 0 fully saturated rings. The van der Waals surface area contributed by atoms with Gasteiger partial charge < -0.3 is 0 Å². The van der Waals surface area contributed by atoms with Crippen LogP contribution < -0.4 is 31.4 Å². The van der Waals surface area contributed by atoms with Crippen LogP contribution in [0.4, 0.5) is 105 Å². The van der Waals surface area contributed by atoms with Crippen molar-refractivity contribution in [1.29, 1.82) is 0 Å². The van der Waals surface area contributed by atoms with Gasteiger partial charge in [0, 0.05) is 11.7 Å². The summed E-state index contributed by atoms with van der Waals surface area (Å²) in [4.78, 5) is 9.14. The van der Waals surface area contributed by atoms with Crippen molar-refractivity contribution in [2.45, 2.75) is 63.3 Å². The summed E-state index contributed by atoms with van der Waals surface area (Å²) >= 11 is 0. The molecule has 5 aromatic rings. The van der Waals surface area contributed by atoms with Crippen LogP contribution in [0.3, 0.4) is 0 Å². The van der Waals surface area contributed by atoms with E-state index in [1.54, 1.807) is 23.3 Å². The van der Waals surface area contributed by atoms with Crippen molar-refractivity contribution in [2.24, 2.45) is 0 Å². The van der Waals surface area contributed by atoms with E-state index in [1.807, 2.05) is 13.8 Å². The Balaban J connectivity index is 0.000000865. The Morgan fingerprint density at radius 3 is 0.761 bits per heavy atom. The molecular weight excluding hydrogens is 979 g/mol. The Bertz CT molecular complexity index is 2130. The van der Waals surface area contributed by atoms with E-state index in [2.05, 4.69) is 4.98 Å². The average Bonchev–Trinajstić information content (AvgIpc) is 3.16. The third-order valence-corrected chi connectivity index (χ3v) is 9.61. The molecule has 0 aliphatic heterocycles. The van der Waals surface area contributed by atoms with Crippen molar-refractivity contribution in [3.05, 3.63) is 142 Å². The number of rotatable bonds is 6. The number of aryl methyl sites for hydroxylation is 1. The highest BCUT2D eigenvalue weighted by Crippen LogP contribution is 2.41. The second kappa shape index (κ2) is 18.0. The maximum absolute atomic E-state index is 14.2. The molecule has 0 saturated heterocycles. The Kier molecular flexibility index (Phi) is 14.4. The number of nitrogens with zero attached hydrogens (tertiary/aromatic N) is 2. The summed E-state index contributed by atoms with van der Waals surface area (Å²) in [6, 6.07) is -8.81. The first-order valence-electron chi connectivity index (χ1n) is 17.9. The Morgan fingerprint density at radius 1 is 0.388 bits per heavy atom. The van der Waals surface area contributed by atoms with Crippen LogP contribution in [0.5, 0.6) is 0 Å². The molecule has 366 valence electrons. The zero-order valence-electron chi connectivity index (χ0n) is 32.8. The average molecular weight is 1000 g/mol. The molecule has 0 radical (unpaired) electrons. The minimum absolute atomic E-state index is 0.676. The number of hydrogen-bond donors (Lipinski definition) is 0. The van der Waals surface area contributed by atoms with Gasteiger partial charge in [0.15, 0.2) is 6.61 Å². The van der Waals surface area contributed by atoms with Crippen molar-refractivity contribution in [2.75, 3.05) is 6.61 Å². The van der Waals surface area contributed by atoms with Crippen LogP contribution in [-0.4, -0.2) is 17.7 Å². The SMILES string of the molecule is CCO[n+]1ccncc1C.FC(F)(F)c1cc([B-](c2cc(C(F)(F)F)cc(C(F)(F)F)c2)(c2cc(C(F)(F)F)cc(C(F)(F)F)c2)c2cc(C(F)(F)F)cc(C(F)(F)F)c2)cc(C(F)(F)F)c1. The van der Waals surface area contributed by atoms with Crippen LogP contribution in [0, 0.1) is 6.92 Å². The van der Waals surface area contributed by atoms with Crippen LogP contribution in [0.25, 0.3) is 0 Å². The van der Waals surface area contributed by atoms with Gasteiger partial charge in [-0.15, -0.1) is 0 Å². The van der Waals surface area contributed by atoms with E-state index in [0.29, 0.717) is 6.61 Å². The fraction of sp³-hybridized carbons (Fsp3) is 0.282. The minimum atomic E-state index is -6.13. The van der Waals surface area contributed by atoms with Crippen molar-refractivity contribution in [3.63, 3.8) is 0 Å². The summed E-state index contributed by atoms with van der Waals surface area (Å²) in [5, 5.41) is 0. The molecule has 28 heteroatoms. The molecule has 0 aliphatic rings. The zero-order valence-corrected chi connectivity index (χ0v) is 32.8. The molecule has 0 N–H and O–H groups in total. The fourth-order valence-corrected chi connectivity index (χ4v) is 6.78. The maximum Gasteiger partial charge on any atom is 0.416 e. The minimum Gasteiger partial charge on any atom is -0.271 e. The van der Waals surface area contributed by atoms with Gasteiger partial charge in [-0.05, 0) is 31.2 Å². The quantitative estimate of drug-likeness (QED) is 0.0963. The van der Waals surface area contributed by atoms with Crippen LogP contribution >= 0.6 is 0 Å². The number of halogens is 24. The van der Waals surface area contributed by atoms with Crippen LogP contribution in [0.2, 0.25) is 0 Å². The molecule has 0 unspecified atom stereocenters. The van der Waals surface area contributed by atoms with E-state index in [0.717, 1.165) is 5.69 Å². The largest absolute Gasteiger partial charge is 0.416 e. The first kappa shape index (κ1) is 53.8. The molecule has 67 heavy (non-hydrogen) atoms. The second-order valence-corrected chi connectivity index (χ2v) is 14.2. The van der Waals surface area contributed by atoms with Crippen molar-refractivity contribution in [3.8, 4) is 0 Å². The number of hydrogen-bond acceptors (Lipinski definition) is 2. The lowest BCUT2D eigenvalue weighted by atomic mass is 9.12. The van der Waals surface area contributed by atoms with Crippen LogP contribution in [0.15, 0.2) is 91.4 Å². The molecule has 0 spiro atoms. The van der Waals surface area contributed by atoms with Gasteiger partial charge >= 0.3 is 49.4 Å². The summed E-state index contributed by atoms with van der Waals surface area (Å²) in [5.41, 5.74) is -29.2. The predicted molar refractivity (Wildman–Crippen MR) is 186 cm³/mol. The number of aromatic nitrogens is 2. The van der Waals surface area contributed by atoms with E-state index in [4.69, 9.17) is 4.84 Å². The van der Waals surface area contributed by atoms with Crippen molar-refractivity contribution in [1.82, 2.24) is 4.98 Å². The molecule has 0 atom stereocenters. The summed E-state index contributed by atoms with van der Waals surface area (Å²) < 4.78 is 343. The van der Waals surface area contributed by atoms with E-state index in [1.165, 1.54) is 0 Å². The lowest BCUT2D eigenvalue weighted by molar-refractivity contribution is -0.895. The summed E-state index contributed by atoms with van der Waals surface area (Å²) in [7, 11) is 0. The van der Waals surface area contributed by atoms with Gasteiger partial charge in [0.1, 0.15) is 6.15 Å². The molecule has 1 aromatic heterocycles. The smallest absolute Gasteiger partial charge is 0.271 e. The second-order valence-electron chi connectivity index (χ2n) is 14.2. The van der Waals surface area contributed by atoms with E-state index in [-0.39, 0.29) is 0 Å². The van der Waals surface area contributed by atoms with Crippen LogP contribution in [-0.2, 0) is 49.4 Å². The fourth-order valence-electron chi connectivity index (χ4n) is 6.78. The third kappa shape index (κ3) is 12.4. The first-order valence-corrected chi connectivity index (χ1v) is 17.9. The van der Waals surface area contributed by atoms with Gasteiger partial charge in [-0.25, -0.2) is 0 Å². The number of alkyl halides is 24. The molecule has 5 rings (SSSR count). The predicted octanol–water partition coefficient (Wildman–Crippen LogP) is 11.3. The standard InChI is InChI=1S/C32H12BF24.C7H11N2O/c34-25(35,36)13-1-14(26(37,38)39)6-21(5-13)33(22-7-15(27(40,41)42)2-16(8-22)28(43,44)45,23-9-17(29(46,47)48)3-18(10-23)30(49,50)51)24-11-19(31(52,53)54)4-20(12-24)32(55,56)57;1-3-10-9-5-4-8-6-7(9)2/h1-12H;4-6H,3H2,1-2H3/q-1;+1. The third-order valence-electron chi connectivity index (χ3n) is 9.61. The van der Waals surface area contributed by atoms with Gasteiger partial charge in [0.05, 0.1) is 56.9 Å². The zero-order chi connectivity index (χ0) is 51.3. The van der Waals surface area contributed by atoms with Crippen LogP contribution in [0.1, 0.15) is 57.1 Å². The Morgan fingerprint density at radius 2 is 0.597 bits per heavy atom. The Labute approximate surface area is 359 Å². The lowest BCUT2D eigenvalue weighted by Gasteiger charge is -2.46. The maximum atomic E-state index is 14.2. The molecule has 4 aromatic carbocycles. The molecule has 0 bridgehead atoms. The number of benzene rings is 4.